The first-order chi connectivity index (χ1) is 12.6. The average molecular weight is 357 g/mol. The van der Waals surface area contributed by atoms with Crippen molar-refractivity contribution in [3.05, 3.63) is 34.4 Å². The Hall–Kier alpha value is -2.37. The molecule has 1 aromatic carbocycles. The van der Waals surface area contributed by atoms with Crippen LogP contribution in [0.1, 0.15) is 51.8 Å². The predicted octanol–water partition coefficient (Wildman–Crippen LogP) is 2.81. The third kappa shape index (κ3) is 4.23. The van der Waals surface area contributed by atoms with E-state index in [9.17, 15) is 9.59 Å². The number of hydrogen-bond donors (Lipinski definition) is 1. The van der Waals surface area contributed by atoms with E-state index < -0.39 is 0 Å². The van der Waals surface area contributed by atoms with E-state index in [0.717, 1.165) is 38.1 Å². The number of aromatic nitrogens is 2. The summed E-state index contributed by atoms with van der Waals surface area (Å²) < 4.78 is 7.32. The maximum absolute atomic E-state index is 12.6. The van der Waals surface area contributed by atoms with Crippen molar-refractivity contribution < 1.29 is 9.53 Å². The summed E-state index contributed by atoms with van der Waals surface area (Å²) in [5, 5.41) is 3.49. The first kappa shape index (κ1) is 18.4. The fourth-order valence-corrected chi connectivity index (χ4v) is 3.39. The Morgan fingerprint density at radius 1 is 1.38 bits per heavy atom. The van der Waals surface area contributed by atoms with Gasteiger partial charge < -0.3 is 10.1 Å². The number of nitrogens with one attached hydrogen (secondary N) is 1. The lowest BCUT2D eigenvalue weighted by molar-refractivity contribution is -0.123. The molecule has 0 bridgehead atoms. The summed E-state index contributed by atoms with van der Waals surface area (Å²) in [7, 11) is 0. The Labute approximate surface area is 153 Å². The molecule has 26 heavy (non-hydrogen) atoms. The maximum Gasteiger partial charge on any atom is 0.261 e. The zero-order chi connectivity index (χ0) is 18.5. The molecule has 1 aromatic heterocycles. The Balaban J connectivity index is 1.61. The third-order valence-corrected chi connectivity index (χ3v) is 4.80. The van der Waals surface area contributed by atoms with Crippen LogP contribution in [0.15, 0.2) is 23.0 Å². The molecule has 0 fully saturated rings. The topological polar surface area (TPSA) is 73.2 Å². The molecule has 1 atom stereocenters. The van der Waals surface area contributed by atoms with Crippen LogP contribution in [0.4, 0.5) is 0 Å². The molecule has 0 saturated heterocycles. The van der Waals surface area contributed by atoms with Crippen molar-refractivity contribution >= 4 is 16.8 Å². The highest BCUT2D eigenvalue weighted by Crippen LogP contribution is 2.19. The van der Waals surface area contributed by atoms with Gasteiger partial charge in [0.15, 0.2) is 6.61 Å². The van der Waals surface area contributed by atoms with Crippen molar-refractivity contribution in [3.63, 3.8) is 0 Å². The normalized spacial score (nSPS) is 14.2. The van der Waals surface area contributed by atoms with E-state index in [2.05, 4.69) is 17.2 Å². The van der Waals surface area contributed by atoms with Crippen LogP contribution >= 0.6 is 0 Å². The number of fused-ring (bicyclic) bond motifs is 2. The number of amides is 1. The van der Waals surface area contributed by atoms with Crippen LogP contribution in [0, 0.1) is 0 Å². The summed E-state index contributed by atoms with van der Waals surface area (Å²) in [5.74, 6) is 1.23. The van der Waals surface area contributed by atoms with Gasteiger partial charge in [-0.1, -0.05) is 26.2 Å². The van der Waals surface area contributed by atoms with E-state index in [-0.39, 0.29) is 24.1 Å². The van der Waals surface area contributed by atoms with Gasteiger partial charge in [0.1, 0.15) is 11.6 Å². The molecule has 2 heterocycles. The lowest BCUT2D eigenvalue weighted by Gasteiger charge is -2.14. The summed E-state index contributed by atoms with van der Waals surface area (Å²) >= 11 is 0. The Morgan fingerprint density at radius 3 is 3.04 bits per heavy atom. The largest absolute Gasteiger partial charge is 0.484 e. The van der Waals surface area contributed by atoms with Crippen molar-refractivity contribution in [1.29, 1.82) is 0 Å². The standard InChI is InChI=1S/C20H27N3O3/c1-3-4-5-7-14(2)21-19(24)13-26-15-9-10-17-16(12-15)20(25)23-11-6-8-18(23)22-17/h9-10,12,14H,3-8,11,13H2,1-2H3,(H,21,24). The predicted molar refractivity (Wildman–Crippen MR) is 102 cm³/mol. The van der Waals surface area contributed by atoms with Crippen molar-refractivity contribution in [2.45, 2.75) is 65.0 Å². The number of aryl methyl sites for hydroxylation is 1. The number of ether oxygens (including phenoxy) is 1. The number of carbonyl (C=O) groups excluding carboxylic acids is 1. The van der Waals surface area contributed by atoms with Gasteiger partial charge in [0, 0.05) is 19.0 Å². The molecule has 0 radical (unpaired) electrons. The van der Waals surface area contributed by atoms with E-state index in [1.165, 1.54) is 12.8 Å². The maximum atomic E-state index is 12.6. The molecule has 3 rings (SSSR count). The molecule has 6 nitrogen and oxygen atoms in total. The van der Waals surface area contributed by atoms with Crippen LogP contribution in [-0.2, 0) is 17.8 Å². The van der Waals surface area contributed by atoms with Crippen LogP contribution in [0.25, 0.3) is 10.9 Å². The Bertz CT molecular complexity index is 844. The van der Waals surface area contributed by atoms with Gasteiger partial charge in [0.25, 0.3) is 11.5 Å². The monoisotopic (exact) mass is 357 g/mol. The van der Waals surface area contributed by atoms with Crippen LogP contribution in [0.5, 0.6) is 5.75 Å². The number of unbranched alkanes of at least 4 members (excludes halogenated alkanes) is 2. The first-order valence-corrected chi connectivity index (χ1v) is 9.54. The summed E-state index contributed by atoms with van der Waals surface area (Å²) in [5.41, 5.74) is 0.659. The van der Waals surface area contributed by atoms with E-state index >= 15 is 0 Å². The van der Waals surface area contributed by atoms with Gasteiger partial charge in [-0.3, -0.25) is 14.2 Å². The van der Waals surface area contributed by atoms with Crippen LogP contribution in [-0.4, -0.2) is 28.1 Å². The molecule has 1 amide bonds. The minimum atomic E-state index is -0.141. The molecule has 0 spiro atoms. The second-order valence-electron chi connectivity index (χ2n) is 7.02. The molecule has 6 heteroatoms. The smallest absolute Gasteiger partial charge is 0.261 e. The highest BCUT2D eigenvalue weighted by Gasteiger charge is 2.16. The van der Waals surface area contributed by atoms with Gasteiger partial charge in [-0.15, -0.1) is 0 Å². The summed E-state index contributed by atoms with van der Waals surface area (Å²) in [6.07, 6.45) is 6.25. The van der Waals surface area contributed by atoms with Gasteiger partial charge in [0.05, 0.1) is 10.9 Å². The first-order valence-electron chi connectivity index (χ1n) is 9.54. The van der Waals surface area contributed by atoms with E-state index in [0.29, 0.717) is 16.7 Å². The van der Waals surface area contributed by atoms with Crippen molar-refractivity contribution in [2.24, 2.45) is 0 Å². The van der Waals surface area contributed by atoms with Gasteiger partial charge in [-0.25, -0.2) is 4.98 Å². The fraction of sp³-hybridized carbons (Fsp3) is 0.550. The average Bonchev–Trinajstić information content (AvgIpc) is 3.09. The lowest BCUT2D eigenvalue weighted by atomic mass is 10.1. The quantitative estimate of drug-likeness (QED) is 0.737. The van der Waals surface area contributed by atoms with Gasteiger partial charge >= 0.3 is 0 Å². The Kier molecular flexibility index (Phi) is 5.91. The highest BCUT2D eigenvalue weighted by molar-refractivity contribution is 5.80. The summed E-state index contributed by atoms with van der Waals surface area (Å²) in [6, 6.07) is 5.38. The van der Waals surface area contributed by atoms with E-state index in [1.54, 1.807) is 22.8 Å². The molecular weight excluding hydrogens is 330 g/mol. The minimum absolute atomic E-state index is 0.0260. The van der Waals surface area contributed by atoms with Crippen molar-refractivity contribution in [2.75, 3.05) is 6.61 Å². The number of carbonyl (C=O) groups is 1. The summed E-state index contributed by atoms with van der Waals surface area (Å²) in [4.78, 5) is 29.2. The van der Waals surface area contributed by atoms with E-state index in [4.69, 9.17) is 4.74 Å². The zero-order valence-corrected chi connectivity index (χ0v) is 15.6. The fourth-order valence-electron chi connectivity index (χ4n) is 3.39. The van der Waals surface area contributed by atoms with Crippen molar-refractivity contribution in [3.8, 4) is 5.75 Å². The number of nitrogens with zero attached hydrogens (tertiary/aromatic N) is 2. The third-order valence-electron chi connectivity index (χ3n) is 4.80. The molecule has 2 aromatic rings. The second-order valence-corrected chi connectivity index (χ2v) is 7.02. The van der Waals surface area contributed by atoms with Crippen molar-refractivity contribution in [1.82, 2.24) is 14.9 Å². The van der Waals surface area contributed by atoms with Gasteiger partial charge in [-0.05, 0) is 38.0 Å². The lowest BCUT2D eigenvalue weighted by Crippen LogP contribution is -2.36. The summed E-state index contributed by atoms with van der Waals surface area (Å²) in [6.45, 7) is 4.84. The number of benzene rings is 1. The number of hydrogen-bond acceptors (Lipinski definition) is 4. The molecule has 0 saturated carbocycles. The number of rotatable bonds is 8. The van der Waals surface area contributed by atoms with Crippen LogP contribution in [0.2, 0.25) is 0 Å². The van der Waals surface area contributed by atoms with Gasteiger partial charge in [-0.2, -0.15) is 0 Å². The molecular formula is C20H27N3O3. The van der Waals surface area contributed by atoms with E-state index in [1.807, 2.05) is 6.92 Å². The zero-order valence-electron chi connectivity index (χ0n) is 15.6. The SMILES string of the molecule is CCCCCC(C)NC(=O)COc1ccc2nc3n(c(=O)c2c1)CCC3. The second kappa shape index (κ2) is 8.34. The highest BCUT2D eigenvalue weighted by atomic mass is 16.5. The molecule has 0 aliphatic carbocycles. The molecule has 140 valence electrons. The molecule has 1 aliphatic heterocycles. The minimum Gasteiger partial charge on any atom is -0.484 e. The molecule has 1 unspecified atom stereocenters. The molecule has 1 N–H and O–H groups in total. The van der Waals surface area contributed by atoms with Crippen LogP contribution in [0.3, 0.4) is 0 Å². The Morgan fingerprint density at radius 2 is 2.23 bits per heavy atom. The molecule has 1 aliphatic rings. The van der Waals surface area contributed by atoms with Crippen LogP contribution < -0.4 is 15.6 Å². The van der Waals surface area contributed by atoms with Gasteiger partial charge in [0.2, 0.25) is 0 Å².